The number of hydrogen-bond acceptors (Lipinski definition) is 3. The van der Waals surface area contributed by atoms with E-state index in [2.05, 4.69) is 15.5 Å². The predicted molar refractivity (Wildman–Crippen MR) is 75.8 cm³/mol. The number of amides is 1. The topological polar surface area (TPSA) is 54.4 Å². The van der Waals surface area contributed by atoms with Crippen LogP contribution in [0, 0.1) is 0 Å². The molecule has 1 aromatic heterocycles. The van der Waals surface area contributed by atoms with Crippen molar-refractivity contribution in [2.75, 3.05) is 0 Å². The number of rotatable bonds is 3. The number of hydrogen-bond donors (Lipinski definition) is 1. The number of carbonyl (C=O) groups excluding carboxylic acids is 1. The highest BCUT2D eigenvalue weighted by atomic mass is 35.5. The lowest BCUT2D eigenvalue weighted by molar-refractivity contribution is 0.0955. The summed E-state index contributed by atoms with van der Waals surface area (Å²) in [7, 11) is 0. The van der Waals surface area contributed by atoms with Gasteiger partial charge >= 0.3 is 0 Å². The van der Waals surface area contributed by atoms with Crippen LogP contribution < -0.4 is 5.43 Å². The van der Waals surface area contributed by atoms with E-state index >= 15 is 0 Å². The minimum absolute atomic E-state index is 0.279. The van der Waals surface area contributed by atoms with E-state index in [1.54, 1.807) is 30.6 Å². The molecule has 1 amide bonds. The summed E-state index contributed by atoms with van der Waals surface area (Å²) in [6.07, 6.45) is 4.78. The van der Waals surface area contributed by atoms with Crippen LogP contribution in [0.25, 0.3) is 0 Å². The second-order valence-corrected chi connectivity index (χ2v) is 4.45. The molecule has 0 aliphatic rings. The Morgan fingerprint density at radius 3 is 2.84 bits per heavy atom. The van der Waals surface area contributed by atoms with Crippen LogP contribution in [0.4, 0.5) is 0 Å². The number of benzene rings is 1. The lowest BCUT2D eigenvalue weighted by Gasteiger charge is -2.02. The first-order chi connectivity index (χ1) is 9.16. The molecule has 19 heavy (non-hydrogen) atoms. The summed E-state index contributed by atoms with van der Waals surface area (Å²) in [5, 5.41) is 4.58. The fourth-order valence-corrected chi connectivity index (χ4v) is 1.85. The van der Waals surface area contributed by atoms with Gasteiger partial charge in [-0.05, 0) is 24.3 Å². The van der Waals surface area contributed by atoms with E-state index in [1.165, 1.54) is 12.3 Å². The number of hydrazone groups is 1. The summed E-state index contributed by atoms with van der Waals surface area (Å²) in [5.74, 6) is -0.401. The van der Waals surface area contributed by atoms with E-state index in [1.807, 2.05) is 6.07 Å². The summed E-state index contributed by atoms with van der Waals surface area (Å²) < 4.78 is 0. The van der Waals surface area contributed by atoms with Gasteiger partial charge in [0.25, 0.3) is 5.91 Å². The Kier molecular flexibility index (Phi) is 4.49. The van der Waals surface area contributed by atoms with Crippen molar-refractivity contribution in [1.82, 2.24) is 10.4 Å². The van der Waals surface area contributed by atoms with Crippen molar-refractivity contribution in [2.24, 2.45) is 5.10 Å². The van der Waals surface area contributed by atoms with E-state index in [-0.39, 0.29) is 5.02 Å². The highest BCUT2D eigenvalue weighted by Crippen LogP contribution is 2.20. The van der Waals surface area contributed by atoms with Gasteiger partial charge in [0, 0.05) is 23.0 Å². The number of pyridine rings is 1. The van der Waals surface area contributed by atoms with Crippen LogP contribution in [-0.4, -0.2) is 17.1 Å². The van der Waals surface area contributed by atoms with Crippen LogP contribution in [0.5, 0.6) is 0 Å². The molecule has 6 heteroatoms. The molecule has 0 saturated heterocycles. The van der Waals surface area contributed by atoms with Crippen molar-refractivity contribution in [3.63, 3.8) is 0 Å². The molecule has 96 valence electrons. The van der Waals surface area contributed by atoms with E-state index in [0.29, 0.717) is 10.6 Å². The Morgan fingerprint density at radius 2 is 2.16 bits per heavy atom. The largest absolute Gasteiger partial charge is 0.272 e. The molecule has 1 heterocycles. The van der Waals surface area contributed by atoms with Gasteiger partial charge < -0.3 is 0 Å². The molecule has 0 spiro atoms. The van der Waals surface area contributed by atoms with Crippen molar-refractivity contribution < 1.29 is 4.79 Å². The first-order valence-electron chi connectivity index (χ1n) is 5.35. The number of nitrogens with zero attached hydrogens (tertiary/aromatic N) is 2. The maximum absolute atomic E-state index is 11.8. The summed E-state index contributed by atoms with van der Waals surface area (Å²) in [6.45, 7) is 0. The van der Waals surface area contributed by atoms with E-state index < -0.39 is 5.91 Å². The third-order valence-corrected chi connectivity index (χ3v) is 2.79. The molecule has 4 nitrogen and oxygen atoms in total. The lowest BCUT2D eigenvalue weighted by Crippen LogP contribution is -2.18. The summed E-state index contributed by atoms with van der Waals surface area (Å²) in [5.41, 5.74) is 3.48. The van der Waals surface area contributed by atoms with E-state index in [4.69, 9.17) is 23.2 Å². The molecule has 0 atom stereocenters. The van der Waals surface area contributed by atoms with Gasteiger partial charge in [0.15, 0.2) is 0 Å². The minimum atomic E-state index is -0.401. The van der Waals surface area contributed by atoms with Crippen LogP contribution in [0.3, 0.4) is 0 Å². The molecule has 0 unspecified atom stereocenters. The van der Waals surface area contributed by atoms with Gasteiger partial charge in [-0.1, -0.05) is 29.3 Å². The van der Waals surface area contributed by atoms with Gasteiger partial charge in [0.05, 0.1) is 16.8 Å². The Bertz CT molecular complexity index is 615. The Labute approximate surface area is 120 Å². The second kappa shape index (κ2) is 6.31. The monoisotopic (exact) mass is 293 g/mol. The highest BCUT2D eigenvalue weighted by molar-refractivity contribution is 6.36. The zero-order valence-corrected chi connectivity index (χ0v) is 11.2. The molecule has 1 aromatic carbocycles. The fraction of sp³-hybridized carbons (Fsp3) is 0. The minimum Gasteiger partial charge on any atom is -0.267 e. The van der Waals surface area contributed by atoms with Crippen molar-refractivity contribution in [1.29, 1.82) is 0 Å². The van der Waals surface area contributed by atoms with Crippen LogP contribution >= 0.6 is 23.2 Å². The third kappa shape index (κ3) is 3.77. The number of aromatic nitrogens is 1. The first-order valence-corrected chi connectivity index (χ1v) is 6.11. The van der Waals surface area contributed by atoms with Gasteiger partial charge in [-0.15, -0.1) is 0 Å². The van der Waals surface area contributed by atoms with Gasteiger partial charge in [-0.3, -0.25) is 9.78 Å². The Balaban J connectivity index is 2.04. The standard InChI is InChI=1S/C13H9Cl2N3O/c14-10-3-4-11(12(15)6-10)13(19)18-17-8-9-2-1-5-16-7-9/h1-8H,(H,18,19). The van der Waals surface area contributed by atoms with Crippen LogP contribution in [0.1, 0.15) is 15.9 Å². The number of carbonyl (C=O) groups is 1. The zero-order valence-electron chi connectivity index (χ0n) is 9.68. The van der Waals surface area contributed by atoms with Crippen LogP contribution in [-0.2, 0) is 0 Å². The lowest BCUT2D eigenvalue weighted by atomic mass is 10.2. The summed E-state index contributed by atoms with van der Waals surface area (Å²) >= 11 is 11.7. The van der Waals surface area contributed by atoms with Crippen molar-refractivity contribution in [3.05, 3.63) is 63.9 Å². The van der Waals surface area contributed by atoms with E-state index in [9.17, 15) is 4.79 Å². The van der Waals surface area contributed by atoms with Crippen LogP contribution in [0.2, 0.25) is 10.0 Å². The smallest absolute Gasteiger partial charge is 0.267 e. The maximum Gasteiger partial charge on any atom is 0.272 e. The number of halogens is 2. The quantitative estimate of drug-likeness (QED) is 0.698. The average Bonchev–Trinajstić information content (AvgIpc) is 2.39. The molecule has 0 saturated carbocycles. The predicted octanol–water partition coefficient (Wildman–Crippen LogP) is 3.15. The van der Waals surface area contributed by atoms with Gasteiger partial charge in [-0.2, -0.15) is 5.10 Å². The Hall–Kier alpha value is -1.91. The van der Waals surface area contributed by atoms with E-state index in [0.717, 1.165) is 5.56 Å². The highest BCUT2D eigenvalue weighted by Gasteiger charge is 2.09. The van der Waals surface area contributed by atoms with Crippen molar-refractivity contribution >= 4 is 35.3 Å². The van der Waals surface area contributed by atoms with Gasteiger partial charge in [0.1, 0.15) is 0 Å². The maximum atomic E-state index is 11.8. The summed E-state index contributed by atoms with van der Waals surface area (Å²) in [4.78, 5) is 15.7. The molecule has 2 aromatic rings. The molecule has 1 N–H and O–H groups in total. The van der Waals surface area contributed by atoms with Crippen molar-refractivity contribution in [2.45, 2.75) is 0 Å². The molecule has 0 radical (unpaired) electrons. The SMILES string of the molecule is O=C(NN=Cc1cccnc1)c1ccc(Cl)cc1Cl. The molecule has 0 fully saturated rings. The molecular weight excluding hydrogens is 285 g/mol. The first kappa shape index (κ1) is 13.5. The van der Waals surface area contributed by atoms with Crippen LogP contribution in [0.15, 0.2) is 47.8 Å². The molecule has 2 rings (SSSR count). The second-order valence-electron chi connectivity index (χ2n) is 3.61. The zero-order chi connectivity index (χ0) is 13.7. The Morgan fingerprint density at radius 1 is 1.32 bits per heavy atom. The summed E-state index contributed by atoms with van der Waals surface area (Å²) in [6, 6.07) is 8.23. The molecular formula is C13H9Cl2N3O. The molecule has 0 aliphatic heterocycles. The third-order valence-electron chi connectivity index (χ3n) is 2.24. The average molecular weight is 294 g/mol. The van der Waals surface area contributed by atoms with Gasteiger partial charge in [-0.25, -0.2) is 5.43 Å². The fourth-order valence-electron chi connectivity index (χ4n) is 1.35. The normalized spacial score (nSPS) is 10.6. The number of nitrogens with one attached hydrogen (secondary N) is 1. The molecule has 0 bridgehead atoms. The molecule has 0 aliphatic carbocycles. The van der Waals surface area contributed by atoms with Crippen molar-refractivity contribution in [3.8, 4) is 0 Å². The van der Waals surface area contributed by atoms with Gasteiger partial charge in [0.2, 0.25) is 0 Å².